The van der Waals surface area contributed by atoms with Crippen molar-refractivity contribution in [2.45, 2.75) is 31.3 Å². The Kier molecular flexibility index (Phi) is 4.04. The number of amides is 4. The van der Waals surface area contributed by atoms with Gasteiger partial charge in [0.05, 0.1) is 12.6 Å². The first-order valence-electron chi connectivity index (χ1n) is 7.99. The Bertz CT molecular complexity index is 705. The second kappa shape index (κ2) is 5.90. The molecule has 4 amide bonds. The summed E-state index contributed by atoms with van der Waals surface area (Å²) >= 11 is 0. The van der Waals surface area contributed by atoms with Gasteiger partial charge >= 0.3 is 6.03 Å². The van der Waals surface area contributed by atoms with E-state index in [-0.39, 0.29) is 31.0 Å². The monoisotopic (exact) mass is 331 g/mol. The van der Waals surface area contributed by atoms with E-state index in [1.54, 1.807) is 14.0 Å². The number of hydrogen-bond donors (Lipinski definition) is 2. The number of likely N-dealkylation sites (N-methyl/N-ethyl adjacent to an activating group) is 1. The molecule has 0 saturated carbocycles. The molecule has 0 bridgehead atoms. The minimum atomic E-state index is -1.05. The maximum atomic E-state index is 12.9. The second-order valence-corrected chi connectivity index (χ2v) is 6.42. The standard InChI is InChI=1S/C17H21N3O4/c1-11(10-21)19(2)14(22)9-20-15(23)17(18-16(20)24)8-7-12-5-3-4-6-13(12)17/h3-6,11,21H,7-10H2,1-2H3,(H,18,24)/t11-,17+/m1/s1. The Labute approximate surface area is 140 Å². The molecule has 1 fully saturated rings. The van der Waals surface area contributed by atoms with Crippen molar-refractivity contribution in [3.8, 4) is 0 Å². The summed E-state index contributed by atoms with van der Waals surface area (Å²) in [7, 11) is 1.54. The van der Waals surface area contributed by atoms with Gasteiger partial charge in [-0.1, -0.05) is 24.3 Å². The average molecular weight is 331 g/mol. The Morgan fingerprint density at radius 2 is 2.12 bits per heavy atom. The molecular formula is C17H21N3O4. The van der Waals surface area contributed by atoms with Crippen molar-refractivity contribution in [3.63, 3.8) is 0 Å². The van der Waals surface area contributed by atoms with Gasteiger partial charge in [-0.05, 0) is 30.9 Å². The van der Waals surface area contributed by atoms with E-state index in [0.29, 0.717) is 12.8 Å². The number of imide groups is 1. The van der Waals surface area contributed by atoms with E-state index in [1.165, 1.54) is 4.90 Å². The first-order valence-corrected chi connectivity index (χ1v) is 7.99. The van der Waals surface area contributed by atoms with Gasteiger partial charge in [0.25, 0.3) is 5.91 Å². The van der Waals surface area contributed by atoms with Crippen molar-refractivity contribution in [2.75, 3.05) is 20.2 Å². The lowest BCUT2D eigenvalue weighted by atomic mass is 9.92. The summed E-state index contributed by atoms with van der Waals surface area (Å²) in [4.78, 5) is 39.8. The van der Waals surface area contributed by atoms with Crippen molar-refractivity contribution in [2.24, 2.45) is 0 Å². The van der Waals surface area contributed by atoms with Crippen LogP contribution in [0.4, 0.5) is 4.79 Å². The van der Waals surface area contributed by atoms with Crippen LogP contribution in [0.5, 0.6) is 0 Å². The van der Waals surface area contributed by atoms with Crippen molar-refractivity contribution in [1.82, 2.24) is 15.1 Å². The van der Waals surface area contributed by atoms with Crippen molar-refractivity contribution >= 4 is 17.8 Å². The number of nitrogens with zero attached hydrogens (tertiary/aromatic N) is 2. The molecule has 2 N–H and O–H groups in total. The minimum Gasteiger partial charge on any atom is -0.394 e. The van der Waals surface area contributed by atoms with Crippen LogP contribution < -0.4 is 5.32 Å². The highest BCUT2D eigenvalue weighted by Crippen LogP contribution is 2.41. The summed E-state index contributed by atoms with van der Waals surface area (Å²) < 4.78 is 0. The molecule has 128 valence electrons. The maximum Gasteiger partial charge on any atom is 0.325 e. The lowest BCUT2D eigenvalue weighted by molar-refractivity contribution is -0.139. The van der Waals surface area contributed by atoms with E-state index in [0.717, 1.165) is 16.0 Å². The first kappa shape index (κ1) is 16.4. The third-order valence-corrected chi connectivity index (χ3v) is 5.03. The van der Waals surface area contributed by atoms with Crippen LogP contribution in [0, 0.1) is 0 Å². The van der Waals surface area contributed by atoms with Crippen LogP contribution in [0.3, 0.4) is 0 Å². The summed E-state index contributed by atoms with van der Waals surface area (Å²) in [5, 5.41) is 11.9. The average Bonchev–Trinajstić information content (AvgIpc) is 3.07. The van der Waals surface area contributed by atoms with Crippen LogP contribution in [0.15, 0.2) is 24.3 Å². The van der Waals surface area contributed by atoms with Gasteiger partial charge in [0, 0.05) is 7.05 Å². The molecule has 2 atom stereocenters. The van der Waals surface area contributed by atoms with Crippen LogP contribution in [-0.2, 0) is 21.5 Å². The number of carbonyl (C=O) groups excluding carboxylic acids is 3. The van der Waals surface area contributed by atoms with Gasteiger partial charge in [-0.15, -0.1) is 0 Å². The number of aliphatic hydroxyl groups excluding tert-OH is 1. The molecule has 1 aromatic rings. The van der Waals surface area contributed by atoms with Gasteiger partial charge in [0.1, 0.15) is 12.1 Å². The van der Waals surface area contributed by atoms with Crippen molar-refractivity contribution < 1.29 is 19.5 Å². The predicted octanol–water partition coefficient (Wildman–Crippen LogP) is 0.219. The molecule has 2 aliphatic rings. The zero-order chi connectivity index (χ0) is 17.5. The Morgan fingerprint density at radius 3 is 2.83 bits per heavy atom. The highest BCUT2D eigenvalue weighted by atomic mass is 16.3. The first-order chi connectivity index (χ1) is 11.4. The number of aryl methyl sites for hydroxylation is 1. The SMILES string of the molecule is C[C@H](CO)N(C)C(=O)CN1C(=O)N[C@]2(CCc3ccccc32)C1=O. The van der Waals surface area contributed by atoms with Gasteiger partial charge < -0.3 is 15.3 Å². The van der Waals surface area contributed by atoms with E-state index in [9.17, 15) is 14.4 Å². The smallest absolute Gasteiger partial charge is 0.325 e. The molecule has 1 aliphatic carbocycles. The fraction of sp³-hybridized carbons (Fsp3) is 0.471. The molecule has 1 aromatic carbocycles. The lowest BCUT2D eigenvalue weighted by Gasteiger charge is -2.26. The quantitative estimate of drug-likeness (QED) is 0.772. The number of aliphatic hydroxyl groups is 1. The fourth-order valence-electron chi connectivity index (χ4n) is 3.35. The van der Waals surface area contributed by atoms with E-state index in [1.807, 2.05) is 24.3 Å². The zero-order valence-corrected chi connectivity index (χ0v) is 13.8. The number of fused-ring (bicyclic) bond motifs is 2. The molecule has 1 aliphatic heterocycles. The summed E-state index contributed by atoms with van der Waals surface area (Å²) in [6, 6.07) is 6.64. The molecular weight excluding hydrogens is 310 g/mol. The van der Waals surface area contributed by atoms with E-state index in [2.05, 4.69) is 5.32 Å². The Hall–Kier alpha value is -2.41. The second-order valence-electron chi connectivity index (χ2n) is 6.42. The predicted molar refractivity (Wildman–Crippen MR) is 86.0 cm³/mol. The van der Waals surface area contributed by atoms with E-state index in [4.69, 9.17) is 5.11 Å². The van der Waals surface area contributed by atoms with Gasteiger partial charge in [-0.3, -0.25) is 14.5 Å². The summed E-state index contributed by atoms with van der Waals surface area (Å²) in [6.45, 7) is 1.19. The molecule has 1 heterocycles. The van der Waals surface area contributed by atoms with Crippen LogP contribution >= 0.6 is 0 Å². The number of benzene rings is 1. The van der Waals surface area contributed by atoms with Crippen LogP contribution in [0.2, 0.25) is 0 Å². The van der Waals surface area contributed by atoms with Crippen LogP contribution in [-0.4, -0.2) is 59.0 Å². The van der Waals surface area contributed by atoms with Gasteiger partial charge in [0.2, 0.25) is 5.91 Å². The zero-order valence-electron chi connectivity index (χ0n) is 13.8. The third-order valence-electron chi connectivity index (χ3n) is 5.03. The molecule has 1 spiro atoms. The normalized spacial score (nSPS) is 23.4. The van der Waals surface area contributed by atoms with Crippen molar-refractivity contribution in [1.29, 1.82) is 0 Å². The highest BCUT2D eigenvalue weighted by molar-refractivity contribution is 6.09. The van der Waals surface area contributed by atoms with Gasteiger partial charge in [0.15, 0.2) is 0 Å². The summed E-state index contributed by atoms with van der Waals surface area (Å²) in [6.07, 6.45) is 1.22. The largest absolute Gasteiger partial charge is 0.394 e. The van der Waals surface area contributed by atoms with Gasteiger partial charge in [-0.2, -0.15) is 0 Å². The molecule has 3 rings (SSSR count). The number of nitrogens with one attached hydrogen (secondary N) is 1. The molecule has 7 nitrogen and oxygen atoms in total. The summed E-state index contributed by atoms with van der Waals surface area (Å²) in [5.41, 5.74) is 0.815. The molecule has 1 saturated heterocycles. The maximum absolute atomic E-state index is 12.9. The summed E-state index contributed by atoms with van der Waals surface area (Å²) in [5.74, 6) is -0.765. The topological polar surface area (TPSA) is 89.9 Å². The number of urea groups is 1. The minimum absolute atomic E-state index is 0.181. The molecule has 0 aromatic heterocycles. The highest BCUT2D eigenvalue weighted by Gasteiger charge is 2.55. The Morgan fingerprint density at radius 1 is 1.42 bits per heavy atom. The molecule has 24 heavy (non-hydrogen) atoms. The molecule has 0 unspecified atom stereocenters. The lowest BCUT2D eigenvalue weighted by Crippen LogP contribution is -2.46. The van der Waals surface area contributed by atoms with Crippen LogP contribution in [0.1, 0.15) is 24.5 Å². The third kappa shape index (κ3) is 2.36. The van der Waals surface area contributed by atoms with Crippen LogP contribution in [0.25, 0.3) is 0 Å². The van der Waals surface area contributed by atoms with E-state index >= 15 is 0 Å². The van der Waals surface area contributed by atoms with Gasteiger partial charge in [-0.25, -0.2) is 4.79 Å². The molecule has 0 radical (unpaired) electrons. The number of rotatable bonds is 4. The number of carbonyl (C=O) groups is 3. The number of hydrogen-bond acceptors (Lipinski definition) is 4. The fourth-order valence-corrected chi connectivity index (χ4v) is 3.35. The van der Waals surface area contributed by atoms with Crippen molar-refractivity contribution in [3.05, 3.63) is 35.4 Å². The van der Waals surface area contributed by atoms with E-state index < -0.39 is 11.6 Å². The molecule has 7 heteroatoms. The Balaban J connectivity index is 1.82.